The molecule has 1 aromatic heterocycles. The molecule has 10 heteroatoms. The molecule has 1 amide bonds. The molecule has 2 fully saturated rings. The quantitative estimate of drug-likeness (QED) is 0.203. The van der Waals surface area contributed by atoms with Crippen molar-refractivity contribution in [3.8, 4) is 16.8 Å². The van der Waals surface area contributed by atoms with Crippen LogP contribution in [0.4, 0.5) is 23.7 Å². The third kappa shape index (κ3) is 5.31. The molecule has 0 atom stereocenters. The maximum Gasteiger partial charge on any atom is 0.415 e. The number of ether oxygens (including phenoxy) is 1. The molecular weight excluding hydrogens is 583 g/mol. The number of rotatable bonds is 6. The third-order valence-corrected chi connectivity index (χ3v) is 8.82. The van der Waals surface area contributed by atoms with Gasteiger partial charge in [-0.25, -0.2) is 22.8 Å². The number of fused-ring (bicyclic) bond motifs is 1. The molecule has 7 nitrogen and oxygen atoms in total. The molecule has 2 saturated heterocycles. The topological polar surface area (TPSA) is 75.0 Å². The minimum Gasteiger partial charge on any atom is -0.478 e. The molecule has 4 aromatic carbocycles. The zero-order valence-corrected chi connectivity index (χ0v) is 24.1. The molecule has 45 heavy (non-hydrogen) atoms. The van der Waals surface area contributed by atoms with Crippen molar-refractivity contribution < 1.29 is 32.6 Å². The zero-order chi connectivity index (χ0) is 31.3. The lowest BCUT2D eigenvalue weighted by atomic mass is 9.90. The van der Waals surface area contributed by atoms with Crippen LogP contribution in [0.3, 0.4) is 0 Å². The average Bonchev–Trinajstić information content (AvgIpc) is 3.61. The van der Waals surface area contributed by atoms with Crippen LogP contribution < -0.4 is 4.90 Å². The van der Waals surface area contributed by atoms with Gasteiger partial charge in [-0.1, -0.05) is 30.3 Å². The largest absolute Gasteiger partial charge is 0.478 e. The van der Waals surface area contributed by atoms with E-state index in [0.29, 0.717) is 50.3 Å². The van der Waals surface area contributed by atoms with Crippen molar-refractivity contribution in [2.75, 3.05) is 24.5 Å². The second kappa shape index (κ2) is 11.1. The van der Waals surface area contributed by atoms with Gasteiger partial charge >= 0.3 is 12.1 Å². The van der Waals surface area contributed by atoms with Gasteiger partial charge in [0.2, 0.25) is 0 Å². The number of aromatic carboxylic acids is 1. The van der Waals surface area contributed by atoms with Crippen molar-refractivity contribution in [2.24, 2.45) is 0 Å². The Morgan fingerprint density at radius 2 is 1.53 bits per heavy atom. The molecule has 0 aliphatic carbocycles. The highest BCUT2D eigenvalue weighted by Crippen LogP contribution is 2.38. The van der Waals surface area contributed by atoms with Gasteiger partial charge in [-0.15, -0.1) is 0 Å². The number of carbonyl (C=O) groups is 2. The Labute approximate surface area is 256 Å². The summed E-state index contributed by atoms with van der Waals surface area (Å²) in [6, 6.07) is 22.2. The summed E-state index contributed by atoms with van der Waals surface area (Å²) in [5, 5.41) is 11.3. The number of likely N-dealkylation sites (tertiary alicyclic amines) is 1. The highest BCUT2D eigenvalue weighted by atomic mass is 19.2. The van der Waals surface area contributed by atoms with E-state index in [-0.39, 0.29) is 11.1 Å². The standard InChI is InChI=1S/C35H28F3N3O4/c36-30-12-11-28(31(37)32(30)38)29-20-40(27-10-5-22-3-1-2-4-24(22)17-27)19-25(29)18-39-15-13-35(14-16-39)21-41(34(44)45-35)26-8-6-23(7-9-26)33(42)43/h1-12,17,19-20H,13-16,18,21H2,(H,42,43). The third-order valence-electron chi connectivity index (χ3n) is 8.82. The summed E-state index contributed by atoms with van der Waals surface area (Å²) in [4.78, 5) is 27.7. The van der Waals surface area contributed by atoms with Gasteiger partial charge in [0.25, 0.3) is 0 Å². The smallest absolute Gasteiger partial charge is 0.415 e. The number of anilines is 1. The predicted octanol–water partition coefficient (Wildman–Crippen LogP) is 7.40. The van der Waals surface area contributed by atoms with Crippen molar-refractivity contribution >= 4 is 28.5 Å². The minimum absolute atomic E-state index is 0.0220. The molecule has 0 bridgehead atoms. The molecule has 5 aromatic rings. The van der Waals surface area contributed by atoms with Crippen LogP contribution >= 0.6 is 0 Å². The first kappa shape index (κ1) is 28.7. The lowest BCUT2D eigenvalue weighted by molar-refractivity contribution is -0.000942. The van der Waals surface area contributed by atoms with Gasteiger partial charge in [0.15, 0.2) is 17.5 Å². The van der Waals surface area contributed by atoms with Gasteiger partial charge in [0.05, 0.1) is 12.1 Å². The monoisotopic (exact) mass is 611 g/mol. The molecule has 2 aliphatic heterocycles. The summed E-state index contributed by atoms with van der Waals surface area (Å²) in [5.41, 5.74) is 2.03. The Hall–Kier alpha value is -5.09. The van der Waals surface area contributed by atoms with Crippen LogP contribution in [-0.2, 0) is 11.3 Å². The van der Waals surface area contributed by atoms with Crippen LogP contribution in [0.5, 0.6) is 0 Å². The number of amides is 1. The van der Waals surface area contributed by atoms with Crippen molar-refractivity contribution in [3.05, 3.63) is 120 Å². The van der Waals surface area contributed by atoms with E-state index >= 15 is 4.39 Å². The van der Waals surface area contributed by atoms with Crippen molar-refractivity contribution in [1.82, 2.24) is 9.47 Å². The Bertz CT molecular complexity index is 1950. The van der Waals surface area contributed by atoms with E-state index in [1.165, 1.54) is 23.1 Å². The minimum atomic E-state index is -1.51. The normalized spacial score (nSPS) is 16.4. The van der Waals surface area contributed by atoms with Gasteiger partial charge in [-0.2, -0.15) is 0 Å². The Kier molecular flexibility index (Phi) is 7.08. The second-order valence-corrected chi connectivity index (χ2v) is 11.6. The van der Waals surface area contributed by atoms with E-state index < -0.39 is 35.1 Å². The fraction of sp³-hybridized carbons (Fsp3) is 0.200. The van der Waals surface area contributed by atoms with Crippen LogP contribution in [-0.4, -0.2) is 51.9 Å². The first-order chi connectivity index (χ1) is 21.7. The van der Waals surface area contributed by atoms with E-state index in [0.717, 1.165) is 28.1 Å². The van der Waals surface area contributed by atoms with Gasteiger partial charge in [-0.3, -0.25) is 9.80 Å². The second-order valence-electron chi connectivity index (χ2n) is 11.6. The molecule has 0 unspecified atom stereocenters. The summed E-state index contributed by atoms with van der Waals surface area (Å²) in [6.07, 6.45) is 4.27. The van der Waals surface area contributed by atoms with E-state index in [1.54, 1.807) is 18.3 Å². The number of piperidine rings is 1. The van der Waals surface area contributed by atoms with E-state index in [9.17, 15) is 23.5 Å². The first-order valence-corrected chi connectivity index (χ1v) is 14.6. The summed E-state index contributed by atoms with van der Waals surface area (Å²) in [6.45, 7) is 1.92. The molecule has 0 radical (unpaired) electrons. The molecule has 0 saturated carbocycles. The molecular formula is C35H28F3N3O4. The predicted molar refractivity (Wildman–Crippen MR) is 163 cm³/mol. The van der Waals surface area contributed by atoms with Crippen molar-refractivity contribution in [1.29, 1.82) is 0 Å². The maximum atomic E-state index is 15.1. The van der Waals surface area contributed by atoms with Crippen LogP contribution in [0, 0.1) is 17.5 Å². The number of halogens is 3. The molecule has 7 rings (SSSR count). The Morgan fingerprint density at radius 1 is 0.822 bits per heavy atom. The lowest BCUT2D eigenvalue weighted by Crippen LogP contribution is -2.46. The average molecular weight is 612 g/mol. The molecule has 1 spiro atoms. The van der Waals surface area contributed by atoms with E-state index in [2.05, 4.69) is 4.90 Å². The summed E-state index contributed by atoms with van der Waals surface area (Å²) in [5.74, 6) is -5.04. The summed E-state index contributed by atoms with van der Waals surface area (Å²) >= 11 is 0. The van der Waals surface area contributed by atoms with Gasteiger partial charge < -0.3 is 14.4 Å². The number of benzene rings is 4. The Balaban J connectivity index is 1.13. The SMILES string of the molecule is O=C(O)c1ccc(N2CC3(CCN(Cc4cn(-c5ccc6ccccc6c5)cc4-c4ccc(F)c(F)c4F)CC3)OC2=O)cc1. The number of hydrogen-bond acceptors (Lipinski definition) is 4. The van der Waals surface area contributed by atoms with Crippen LogP contribution in [0.1, 0.15) is 28.8 Å². The number of carboxylic acids is 1. The summed E-state index contributed by atoms with van der Waals surface area (Å²) in [7, 11) is 0. The highest BCUT2D eigenvalue weighted by Gasteiger charge is 2.47. The number of carbonyl (C=O) groups excluding carboxylic acids is 1. The molecule has 1 N–H and O–H groups in total. The van der Waals surface area contributed by atoms with Crippen molar-refractivity contribution in [2.45, 2.75) is 25.0 Å². The van der Waals surface area contributed by atoms with Crippen LogP contribution in [0.2, 0.25) is 0 Å². The van der Waals surface area contributed by atoms with Crippen LogP contribution in [0.15, 0.2) is 91.3 Å². The summed E-state index contributed by atoms with van der Waals surface area (Å²) < 4.78 is 51.0. The number of nitrogens with zero attached hydrogens (tertiary/aromatic N) is 3. The van der Waals surface area contributed by atoms with Crippen molar-refractivity contribution in [3.63, 3.8) is 0 Å². The highest BCUT2D eigenvalue weighted by molar-refractivity contribution is 5.92. The molecule has 3 heterocycles. The number of carboxylic acid groups (broad SMARTS) is 1. The van der Waals surface area contributed by atoms with Crippen LogP contribution in [0.25, 0.3) is 27.6 Å². The van der Waals surface area contributed by atoms with Gasteiger partial charge in [0.1, 0.15) is 5.60 Å². The Morgan fingerprint density at radius 3 is 2.27 bits per heavy atom. The first-order valence-electron chi connectivity index (χ1n) is 14.6. The fourth-order valence-electron chi connectivity index (χ4n) is 6.31. The molecule has 2 aliphatic rings. The van der Waals surface area contributed by atoms with Gasteiger partial charge in [0, 0.05) is 67.4 Å². The van der Waals surface area contributed by atoms with Gasteiger partial charge in [-0.05, 0) is 64.9 Å². The zero-order valence-electron chi connectivity index (χ0n) is 24.1. The molecule has 228 valence electrons. The van der Waals surface area contributed by atoms with E-state index in [4.69, 9.17) is 4.74 Å². The lowest BCUT2D eigenvalue weighted by Gasteiger charge is -2.37. The number of aromatic nitrogens is 1. The maximum absolute atomic E-state index is 15.1. The fourth-order valence-corrected chi connectivity index (χ4v) is 6.31. The van der Waals surface area contributed by atoms with E-state index in [1.807, 2.05) is 53.2 Å². The number of hydrogen-bond donors (Lipinski definition) is 1.